The van der Waals surface area contributed by atoms with Crippen molar-refractivity contribution in [2.24, 2.45) is 11.3 Å². The highest BCUT2D eigenvalue weighted by molar-refractivity contribution is 5.78. The predicted molar refractivity (Wildman–Crippen MR) is 64.6 cm³/mol. The van der Waals surface area contributed by atoms with E-state index >= 15 is 0 Å². The summed E-state index contributed by atoms with van der Waals surface area (Å²) in [6.07, 6.45) is 2.50. The molecule has 0 spiro atoms. The lowest BCUT2D eigenvalue weighted by Crippen LogP contribution is -2.38. The van der Waals surface area contributed by atoms with Gasteiger partial charge in [0.25, 0.3) is 0 Å². The smallest absolute Gasteiger partial charge is 0.310 e. The van der Waals surface area contributed by atoms with Gasteiger partial charge in [0.15, 0.2) is 0 Å². The number of aliphatic carboxylic acids is 1. The topological polar surface area (TPSA) is 78.4 Å². The van der Waals surface area contributed by atoms with Crippen LogP contribution in [0, 0.1) is 11.3 Å². The second-order valence-corrected chi connectivity index (χ2v) is 5.36. The molecule has 0 aliphatic carbocycles. The Hall–Kier alpha value is -1.10. The number of carboxylic acids is 1. The van der Waals surface area contributed by atoms with E-state index in [1.165, 1.54) is 0 Å². The zero-order valence-corrected chi connectivity index (χ0v) is 10.6. The Kier molecular flexibility index (Phi) is 4.93. The van der Waals surface area contributed by atoms with Crippen LogP contribution in [0.15, 0.2) is 0 Å². The molecule has 1 aliphatic rings. The molecule has 1 rings (SSSR count). The number of nitrogens with one attached hydrogen (secondary N) is 2. The number of carboxylic acid groups (broad SMARTS) is 1. The largest absolute Gasteiger partial charge is 0.481 e. The fourth-order valence-corrected chi connectivity index (χ4v) is 1.78. The van der Waals surface area contributed by atoms with Crippen molar-refractivity contribution in [3.63, 3.8) is 0 Å². The highest BCUT2D eigenvalue weighted by Crippen LogP contribution is 2.15. The second kappa shape index (κ2) is 6.00. The van der Waals surface area contributed by atoms with Crippen molar-refractivity contribution in [2.75, 3.05) is 19.6 Å². The van der Waals surface area contributed by atoms with Gasteiger partial charge in [-0.3, -0.25) is 9.59 Å². The summed E-state index contributed by atoms with van der Waals surface area (Å²) in [6.45, 7) is 5.43. The number of carbonyl (C=O) groups excluding carboxylic acids is 1. The maximum atomic E-state index is 11.5. The standard InChI is InChI=1S/C12H22N2O3/c1-12(2,11(16)17)8-14-10(15)4-3-9-5-6-13-7-9/h9,13H,3-8H2,1-2H3,(H,14,15)(H,16,17). The minimum absolute atomic E-state index is 0.0498. The molecular weight excluding hydrogens is 220 g/mol. The fraction of sp³-hybridized carbons (Fsp3) is 0.833. The van der Waals surface area contributed by atoms with E-state index in [1.54, 1.807) is 13.8 Å². The molecule has 0 bridgehead atoms. The van der Waals surface area contributed by atoms with E-state index in [0.29, 0.717) is 12.3 Å². The average molecular weight is 242 g/mol. The van der Waals surface area contributed by atoms with Gasteiger partial charge in [-0.1, -0.05) is 0 Å². The number of rotatable bonds is 6. The quantitative estimate of drug-likeness (QED) is 0.637. The Morgan fingerprint density at radius 1 is 1.47 bits per heavy atom. The average Bonchev–Trinajstić information content (AvgIpc) is 2.76. The molecule has 0 aromatic heterocycles. The molecule has 0 saturated carbocycles. The first-order valence-electron chi connectivity index (χ1n) is 6.12. The number of carbonyl (C=O) groups is 2. The number of hydrogen-bond acceptors (Lipinski definition) is 3. The number of amides is 1. The first kappa shape index (κ1) is 14.0. The van der Waals surface area contributed by atoms with Gasteiger partial charge in [0.2, 0.25) is 5.91 Å². The molecule has 1 aliphatic heterocycles. The van der Waals surface area contributed by atoms with Crippen LogP contribution in [-0.2, 0) is 9.59 Å². The highest BCUT2D eigenvalue weighted by atomic mass is 16.4. The molecule has 0 radical (unpaired) electrons. The van der Waals surface area contributed by atoms with Crippen molar-refractivity contribution >= 4 is 11.9 Å². The van der Waals surface area contributed by atoms with E-state index in [-0.39, 0.29) is 12.5 Å². The molecule has 98 valence electrons. The Balaban J connectivity index is 2.18. The van der Waals surface area contributed by atoms with E-state index in [1.807, 2.05) is 0 Å². The maximum Gasteiger partial charge on any atom is 0.310 e. The normalized spacial score (nSPS) is 20.2. The van der Waals surface area contributed by atoms with Crippen LogP contribution in [0.5, 0.6) is 0 Å². The summed E-state index contributed by atoms with van der Waals surface area (Å²) in [5.41, 5.74) is -0.898. The molecule has 17 heavy (non-hydrogen) atoms. The van der Waals surface area contributed by atoms with Gasteiger partial charge in [-0.05, 0) is 45.7 Å². The van der Waals surface area contributed by atoms with Crippen LogP contribution in [0.3, 0.4) is 0 Å². The van der Waals surface area contributed by atoms with E-state index in [2.05, 4.69) is 10.6 Å². The summed E-state index contributed by atoms with van der Waals surface area (Å²) in [4.78, 5) is 22.4. The lowest BCUT2D eigenvalue weighted by atomic mass is 9.94. The van der Waals surface area contributed by atoms with Gasteiger partial charge in [-0.25, -0.2) is 0 Å². The van der Waals surface area contributed by atoms with Crippen LogP contribution in [0.25, 0.3) is 0 Å². The van der Waals surface area contributed by atoms with Crippen molar-refractivity contribution in [1.29, 1.82) is 0 Å². The molecule has 1 atom stereocenters. The van der Waals surface area contributed by atoms with Gasteiger partial charge < -0.3 is 15.7 Å². The monoisotopic (exact) mass is 242 g/mol. The van der Waals surface area contributed by atoms with Crippen LogP contribution < -0.4 is 10.6 Å². The van der Waals surface area contributed by atoms with E-state index in [4.69, 9.17) is 5.11 Å². The van der Waals surface area contributed by atoms with Crippen molar-refractivity contribution in [1.82, 2.24) is 10.6 Å². The van der Waals surface area contributed by atoms with Crippen LogP contribution in [-0.4, -0.2) is 36.6 Å². The van der Waals surface area contributed by atoms with Gasteiger partial charge in [-0.2, -0.15) is 0 Å². The molecule has 1 heterocycles. The first-order valence-corrected chi connectivity index (χ1v) is 6.12. The third kappa shape index (κ3) is 4.73. The zero-order chi connectivity index (χ0) is 12.9. The van der Waals surface area contributed by atoms with Crippen LogP contribution in [0.1, 0.15) is 33.1 Å². The van der Waals surface area contributed by atoms with E-state index < -0.39 is 11.4 Å². The van der Waals surface area contributed by atoms with Gasteiger partial charge in [-0.15, -0.1) is 0 Å². The molecular formula is C12H22N2O3. The maximum absolute atomic E-state index is 11.5. The second-order valence-electron chi connectivity index (χ2n) is 5.36. The molecule has 1 fully saturated rings. The number of hydrogen-bond donors (Lipinski definition) is 3. The van der Waals surface area contributed by atoms with E-state index in [0.717, 1.165) is 25.9 Å². The molecule has 3 N–H and O–H groups in total. The third-order valence-electron chi connectivity index (χ3n) is 3.25. The SMILES string of the molecule is CC(C)(CNC(=O)CCC1CCNC1)C(=O)O. The zero-order valence-electron chi connectivity index (χ0n) is 10.6. The molecule has 0 aromatic rings. The Morgan fingerprint density at radius 3 is 2.71 bits per heavy atom. The predicted octanol–water partition coefficient (Wildman–Crippen LogP) is 0.603. The molecule has 5 heteroatoms. The van der Waals surface area contributed by atoms with Crippen LogP contribution in [0.2, 0.25) is 0 Å². The van der Waals surface area contributed by atoms with Gasteiger partial charge >= 0.3 is 5.97 Å². The van der Waals surface area contributed by atoms with Crippen molar-refractivity contribution in [2.45, 2.75) is 33.1 Å². The summed E-state index contributed by atoms with van der Waals surface area (Å²) in [5, 5.41) is 14.8. The molecule has 5 nitrogen and oxygen atoms in total. The highest BCUT2D eigenvalue weighted by Gasteiger charge is 2.27. The summed E-state index contributed by atoms with van der Waals surface area (Å²) < 4.78 is 0. The van der Waals surface area contributed by atoms with Crippen molar-refractivity contribution in [3.05, 3.63) is 0 Å². The Morgan fingerprint density at radius 2 is 2.18 bits per heavy atom. The third-order valence-corrected chi connectivity index (χ3v) is 3.25. The molecule has 1 unspecified atom stereocenters. The first-order chi connectivity index (χ1) is 7.92. The minimum atomic E-state index is -0.898. The summed E-state index contributed by atoms with van der Waals surface area (Å²) in [6, 6.07) is 0. The summed E-state index contributed by atoms with van der Waals surface area (Å²) in [5.74, 6) is -0.350. The summed E-state index contributed by atoms with van der Waals surface area (Å²) in [7, 11) is 0. The van der Waals surface area contributed by atoms with Crippen molar-refractivity contribution < 1.29 is 14.7 Å². The van der Waals surface area contributed by atoms with Crippen LogP contribution in [0.4, 0.5) is 0 Å². The molecule has 1 saturated heterocycles. The van der Waals surface area contributed by atoms with E-state index in [9.17, 15) is 9.59 Å². The van der Waals surface area contributed by atoms with Crippen LogP contribution >= 0.6 is 0 Å². The van der Waals surface area contributed by atoms with Gasteiger partial charge in [0.05, 0.1) is 5.41 Å². The lowest BCUT2D eigenvalue weighted by Gasteiger charge is -2.19. The minimum Gasteiger partial charge on any atom is -0.481 e. The molecule has 0 aromatic carbocycles. The summed E-state index contributed by atoms with van der Waals surface area (Å²) >= 11 is 0. The van der Waals surface area contributed by atoms with Crippen molar-refractivity contribution in [3.8, 4) is 0 Å². The van der Waals surface area contributed by atoms with Gasteiger partial charge in [0.1, 0.15) is 0 Å². The Labute approximate surface area is 102 Å². The fourth-order valence-electron chi connectivity index (χ4n) is 1.78. The lowest BCUT2D eigenvalue weighted by molar-refractivity contribution is -0.146. The van der Waals surface area contributed by atoms with Gasteiger partial charge in [0, 0.05) is 13.0 Å². The molecule has 1 amide bonds. The Bertz CT molecular complexity index is 283.